The summed E-state index contributed by atoms with van der Waals surface area (Å²) in [6, 6.07) is 0.654. The first-order valence-corrected chi connectivity index (χ1v) is 8.48. The highest BCUT2D eigenvalue weighted by atomic mass is 16.5. The van der Waals surface area contributed by atoms with Crippen molar-refractivity contribution in [1.82, 2.24) is 5.32 Å². The average molecular weight is 267 g/mol. The molecule has 2 fully saturated rings. The second-order valence-electron chi connectivity index (χ2n) is 7.18. The fourth-order valence-electron chi connectivity index (χ4n) is 3.81. The smallest absolute Gasteiger partial charge is 0.0659 e. The van der Waals surface area contributed by atoms with Gasteiger partial charge in [-0.2, -0.15) is 0 Å². The summed E-state index contributed by atoms with van der Waals surface area (Å²) >= 11 is 0. The number of rotatable bonds is 6. The molecule has 112 valence electrons. The van der Waals surface area contributed by atoms with Crippen molar-refractivity contribution in [1.29, 1.82) is 0 Å². The largest absolute Gasteiger partial charge is 0.374 e. The molecular formula is C17H33NO. The highest BCUT2D eigenvalue weighted by Gasteiger charge is 2.49. The Morgan fingerprint density at radius 2 is 1.89 bits per heavy atom. The van der Waals surface area contributed by atoms with Crippen molar-refractivity contribution >= 4 is 0 Å². The van der Waals surface area contributed by atoms with Gasteiger partial charge in [-0.1, -0.05) is 47.0 Å². The summed E-state index contributed by atoms with van der Waals surface area (Å²) < 4.78 is 6.52. The van der Waals surface area contributed by atoms with Crippen molar-refractivity contribution in [3.8, 4) is 0 Å². The van der Waals surface area contributed by atoms with Gasteiger partial charge in [0.25, 0.3) is 0 Å². The fraction of sp³-hybridized carbons (Fsp3) is 1.00. The van der Waals surface area contributed by atoms with E-state index >= 15 is 0 Å². The molecule has 2 rings (SSSR count). The Bertz CT molecular complexity index is 276. The molecule has 0 heterocycles. The van der Waals surface area contributed by atoms with Gasteiger partial charge in [0.1, 0.15) is 0 Å². The van der Waals surface area contributed by atoms with Crippen LogP contribution in [0.2, 0.25) is 0 Å². The summed E-state index contributed by atoms with van der Waals surface area (Å²) in [7, 11) is 0. The zero-order valence-electron chi connectivity index (χ0n) is 13.4. The normalized spacial score (nSPS) is 37.9. The van der Waals surface area contributed by atoms with E-state index in [4.69, 9.17) is 4.74 Å². The topological polar surface area (TPSA) is 21.3 Å². The second-order valence-corrected chi connectivity index (χ2v) is 7.18. The molecule has 19 heavy (non-hydrogen) atoms. The van der Waals surface area contributed by atoms with Crippen molar-refractivity contribution < 1.29 is 4.74 Å². The molecule has 0 aromatic heterocycles. The molecule has 2 aliphatic rings. The van der Waals surface area contributed by atoms with Crippen LogP contribution in [0.1, 0.15) is 72.6 Å². The van der Waals surface area contributed by atoms with Gasteiger partial charge in [0.2, 0.25) is 0 Å². The highest BCUT2D eigenvalue weighted by Crippen LogP contribution is 2.45. The van der Waals surface area contributed by atoms with Gasteiger partial charge in [-0.25, -0.2) is 0 Å². The van der Waals surface area contributed by atoms with Crippen LogP contribution < -0.4 is 5.32 Å². The van der Waals surface area contributed by atoms with E-state index in [2.05, 4.69) is 33.0 Å². The molecule has 4 atom stereocenters. The molecule has 0 amide bonds. The maximum atomic E-state index is 6.52. The van der Waals surface area contributed by atoms with Crippen LogP contribution in [0, 0.1) is 11.3 Å². The van der Waals surface area contributed by atoms with Crippen LogP contribution in [-0.4, -0.2) is 24.8 Å². The third-order valence-corrected chi connectivity index (χ3v) is 5.52. The van der Waals surface area contributed by atoms with Crippen molar-refractivity contribution in [2.24, 2.45) is 11.3 Å². The van der Waals surface area contributed by atoms with Crippen LogP contribution in [0.4, 0.5) is 0 Å². The SMILES string of the molecule is CCCNC1CC(OC2CCCCC2CC)C1(C)C. The average Bonchev–Trinajstić information content (AvgIpc) is 2.42. The summed E-state index contributed by atoms with van der Waals surface area (Å²) in [4.78, 5) is 0. The predicted octanol–water partition coefficient (Wildman–Crippen LogP) is 4.14. The van der Waals surface area contributed by atoms with Gasteiger partial charge in [-0.15, -0.1) is 0 Å². The third kappa shape index (κ3) is 3.33. The lowest BCUT2D eigenvalue weighted by Crippen LogP contribution is -2.62. The molecule has 2 aliphatic carbocycles. The molecule has 0 radical (unpaired) electrons. The first kappa shape index (κ1) is 15.3. The molecule has 0 aromatic carbocycles. The van der Waals surface area contributed by atoms with Crippen LogP contribution in [0.3, 0.4) is 0 Å². The molecule has 4 unspecified atom stereocenters. The Morgan fingerprint density at radius 3 is 2.53 bits per heavy atom. The van der Waals surface area contributed by atoms with Gasteiger partial charge >= 0.3 is 0 Å². The van der Waals surface area contributed by atoms with E-state index in [1.54, 1.807) is 0 Å². The third-order valence-electron chi connectivity index (χ3n) is 5.52. The summed E-state index contributed by atoms with van der Waals surface area (Å²) in [5, 5.41) is 3.67. The van der Waals surface area contributed by atoms with Crippen molar-refractivity contribution in [3.63, 3.8) is 0 Å². The number of hydrogen-bond donors (Lipinski definition) is 1. The van der Waals surface area contributed by atoms with Gasteiger partial charge in [-0.3, -0.25) is 0 Å². The van der Waals surface area contributed by atoms with Crippen molar-refractivity contribution in [2.45, 2.75) is 90.9 Å². The van der Waals surface area contributed by atoms with Crippen molar-refractivity contribution in [2.75, 3.05) is 6.54 Å². The highest BCUT2D eigenvalue weighted by molar-refractivity contribution is 5.03. The molecule has 2 saturated carbocycles. The van der Waals surface area contributed by atoms with E-state index < -0.39 is 0 Å². The van der Waals surface area contributed by atoms with E-state index in [-0.39, 0.29) is 0 Å². The molecule has 0 bridgehead atoms. The van der Waals surface area contributed by atoms with Crippen LogP contribution in [-0.2, 0) is 4.74 Å². The van der Waals surface area contributed by atoms with Crippen molar-refractivity contribution in [3.05, 3.63) is 0 Å². The molecule has 0 aromatic rings. The van der Waals surface area contributed by atoms with E-state index in [1.807, 2.05) is 0 Å². The summed E-state index contributed by atoms with van der Waals surface area (Å²) in [6.07, 6.45) is 10.2. The molecule has 0 spiro atoms. The van der Waals surface area contributed by atoms with Gasteiger partial charge in [0, 0.05) is 11.5 Å². The summed E-state index contributed by atoms with van der Waals surface area (Å²) in [5.74, 6) is 0.812. The number of ether oxygens (including phenoxy) is 1. The second kappa shape index (κ2) is 6.58. The Kier molecular flexibility index (Phi) is 5.30. The van der Waals surface area contributed by atoms with Gasteiger partial charge in [0.15, 0.2) is 0 Å². The predicted molar refractivity (Wildman–Crippen MR) is 81.4 cm³/mol. The minimum Gasteiger partial charge on any atom is -0.374 e. The lowest BCUT2D eigenvalue weighted by Gasteiger charge is -2.54. The van der Waals surface area contributed by atoms with Gasteiger partial charge in [0.05, 0.1) is 12.2 Å². The molecule has 2 nitrogen and oxygen atoms in total. The monoisotopic (exact) mass is 267 g/mol. The first-order chi connectivity index (χ1) is 9.09. The molecule has 1 N–H and O–H groups in total. The first-order valence-electron chi connectivity index (χ1n) is 8.48. The van der Waals surface area contributed by atoms with E-state index in [0.717, 1.165) is 12.5 Å². The lowest BCUT2D eigenvalue weighted by atomic mass is 9.64. The van der Waals surface area contributed by atoms with Crippen LogP contribution in [0.5, 0.6) is 0 Å². The Morgan fingerprint density at radius 1 is 1.16 bits per heavy atom. The Hall–Kier alpha value is -0.0800. The van der Waals surface area contributed by atoms with Crippen LogP contribution in [0.25, 0.3) is 0 Å². The quantitative estimate of drug-likeness (QED) is 0.781. The lowest BCUT2D eigenvalue weighted by molar-refractivity contribution is -0.167. The maximum absolute atomic E-state index is 6.52. The van der Waals surface area contributed by atoms with E-state index in [9.17, 15) is 0 Å². The zero-order chi connectivity index (χ0) is 13.9. The Balaban J connectivity index is 1.83. The van der Waals surface area contributed by atoms with E-state index in [1.165, 1.54) is 44.9 Å². The zero-order valence-corrected chi connectivity index (χ0v) is 13.4. The molecule has 0 saturated heterocycles. The molecule has 2 heteroatoms. The Labute approximate surface area is 119 Å². The standard InChI is InChI=1S/C17H33NO/c1-5-11-18-15-12-16(17(15,3)4)19-14-10-8-7-9-13(14)6-2/h13-16,18H,5-12H2,1-4H3. The summed E-state index contributed by atoms with van der Waals surface area (Å²) in [6.45, 7) is 10.4. The maximum Gasteiger partial charge on any atom is 0.0659 e. The minimum absolute atomic E-state index is 0.310. The minimum atomic E-state index is 0.310. The van der Waals surface area contributed by atoms with Crippen LogP contribution >= 0.6 is 0 Å². The molecule has 0 aliphatic heterocycles. The number of nitrogens with one attached hydrogen (secondary N) is 1. The van der Waals surface area contributed by atoms with E-state index in [0.29, 0.717) is 23.7 Å². The number of hydrogen-bond acceptors (Lipinski definition) is 2. The molecular weight excluding hydrogens is 234 g/mol. The fourth-order valence-corrected chi connectivity index (χ4v) is 3.81. The van der Waals surface area contributed by atoms with Gasteiger partial charge in [-0.05, 0) is 38.1 Å². The van der Waals surface area contributed by atoms with Gasteiger partial charge < -0.3 is 10.1 Å². The van der Waals surface area contributed by atoms with Crippen LogP contribution in [0.15, 0.2) is 0 Å². The summed E-state index contributed by atoms with van der Waals surface area (Å²) in [5.41, 5.74) is 0.310.